The molecule has 0 amide bonds. The molecule has 0 saturated carbocycles. The Balaban J connectivity index is 0. The number of carboxylic acids is 1. The minimum absolute atomic E-state index is 0.712. The van der Waals surface area contributed by atoms with Crippen LogP contribution in [0.5, 0.6) is 0 Å². The summed E-state index contributed by atoms with van der Waals surface area (Å²) >= 11 is 0. The van der Waals surface area contributed by atoms with Crippen LogP contribution in [0.2, 0.25) is 0 Å². The fraction of sp³-hybridized carbons (Fsp3) is 0.800. The zero-order chi connectivity index (χ0) is 8.57. The molecule has 2 N–H and O–H groups in total. The quantitative estimate of drug-likeness (QED) is 0.607. The van der Waals surface area contributed by atoms with E-state index in [0.29, 0.717) is 0 Å². The summed E-state index contributed by atoms with van der Waals surface area (Å²) in [5, 5.41) is 15.1. The molecule has 1 atom stereocenters. The minimum Gasteiger partial charge on any atom is -0.481 e. The minimum atomic E-state index is -1.68. The van der Waals surface area contributed by atoms with Gasteiger partial charge < -0.3 is 10.2 Å². The van der Waals surface area contributed by atoms with Crippen molar-refractivity contribution in [2.45, 2.75) is 13.1 Å². The molecule has 0 heterocycles. The first-order valence-corrected chi connectivity index (χ1v) is 2.55. The molecule has 0 fully saturated rings. The second kappa shape index (κ2) is 8.29. The highest BCUT2D eigenvalue weighted by molar-refractivity contribution is 5.62. The lowest BCUT2D eigenvalue weighted by molar-refractivity contribution is -0.134. The number of aliphatic hydroxyl groups excluding tert-OH is 1. The average molecular weight is 156 g/mol. The molecule has 0 aromatic rings. The highest BCUT2D eigenvalue weighted by atomic mass is 19.2. The number of hydrogen-bond acceptors (Lipinski definition) is 2. The SMILES string of the molecule is CC(=O)O.OCC(F)CF. The van der Waals surface area contributed by atoms with Crippen molar-refractivity contribution in [2.24, 2.45) is 0 Å². The molecule has 0 aromatic carbocycles. The van der Waals surface area contributed by atoms with E-state index in [9.17, 15) is 8.78 Å². The molecule has 1 unspecified atom stereocenters. The fourth-order valence-electron chi connectivity index (χ4n) is 0.0488. The maximum absolute atomic E-state index is 11.2. The summed E-state index contributed by atoms with van der Waals surface area (Å²) in [6, 6.07) is 0. The van der Waals surface area contributed by atoms with Gasteiger partial charge in [0.15, 0.2) is 6.17 Å². The van der Waals surface area contributed by atoms with E-state index in [1.54, 1.807) is 0 Å². The van der Waals surface area contributed by atoms with Crippen LogP contribution in [-0.4, -0.2) is 35.6 Å². The summed E-state index contributed by atoms with van der Waals surface area (Å²) in [7, 11) is 0. The van der Waals surface area contributed by atoms with Crippen LogP contribution in [0.15, 0.2) is 0 Å². The van der Waals surface area contributed by atoms with Crippen molar-refractivity contribution in [3.05, 3.63) is 0 Å². The first-order valence-electron chi connectivity index (χ1n) is 2.55. The van der Waals surface area contributed by atoms with E-state index in [1.807, 2.05) is 0 Å². The summed E-state index contributed by atoms with van der Waals surface area (Å²) in [6.07, 6.45) is -1.68. The fourth-order valence-corrected chi connectivity index (χ4v) is 0.0488. The Hall–Kier alpha value is -0.710. The lowest BCUT2D eigenvalue weighted by Gasteiger charge is -1.91. The van der Waals surface area contributed by atoms with Crippen molar-refractivity contribution in [1.82, 2.24) is 0 Å². The zero-order valence-electron chi connectivity index (χ0n) is 5.55. The van der Waals surface area contributed by atoms with E-state index in [-0.39, 0.29) is 0 Å². The van der Waals surface area contributed by atoms with Crippen molar-refractivity contribution in [3.8, 4) is 0 Å². The van der Waals surface area contributed by atoms with Gasteiger partial charge in [0.05, 0.1) is 6.61 Å². The van der Waals surface area contributed by atoms with E-state index in [4.69, 9.17) is 15.0 Å². The second-order valence-electron chi connectivity index (χ2n) is 1.45. The first kappa shape index (κ1) is 12.0. The van der Waals surface area contributed by atoms with E-state index in [1.165, 1.54) is 0 Å². The molecule has 3 nitrogen and oxygen atoms in total. The highest BCUT2D eigenvalue weighted by Gasteiger charge is 1.98. The van der Waals surface area contributed by atoms with Gasteiger partial charge in [0.1, 0.15) is 6.67 Å². The molecule has 62 valence electrons. The van der Waals surface area contributed by atoms with Crippen molar-refractivity contribution < 1.29 is 23.8 Å². The summed E-state index contributed by atoms with van der Waals surface area (Å²) in [4.78, 5) is 9.00. The van der Waals surface area contributed by atoms with Gasteiger partial charge >= 0.3 is 0 Å². The first-order chi connectivity index (χ1) is 4.54. The van der Waals surface area contributed by atoms with Crippen molar-refractivity contribution in [1.29, 1.82) is 0 Å². The largest absolute Gasteiger partial charge is 0.481 e. The van der Waals surface area contributed by atoms with Gasteiger partial charge in [-0.15, -0.1) is 0 Å². The third-order valence-electron chi connectivity index (χ3n) is 0.366. The Morgan fingerprint density at radius 1 is 1.70 bits per heavy atom. The number of carbonyl (C=O) groups is 1. The molecule has 0 radical (unpaired) electrons. The van der Waals surface area contributed by atoms with Crippen LogP contribution >= 0.6 is 0 Å². The lowest BCUT2D eigenvalue weighted by Crippen LogP contribution is -2.06. The molecule has 0 rings (SSSR count). The topological polar surface area (TPSA) is 57.5 Å². The van der Waals surface area contributed by atoms with Crippen molar-refractivity contribution in [2.75, 3.05) is 13.3 Å². The normalized spacial score (nSPS) is 11.2. The summed E-state index contributed by atoms with van der Waals surface area (Å²) in [6.45, 7) is -0.715. The van der Waals surface area contributed by atoms with Crippen LogP contribution in [0.25, 0.3) is 0 Å². The molecule has 10 heavy (non-hydrogen) atoms. The number of halogens is 2. The van der Waals surface area contributed by atoms with Crippen LogP contribution in [0.3, 0.4) is 0 Å². The molecular formula is C5H10F2O3. The molecule has 0 aliphatic carbocycles. The second-order valence-corrected chi connectivity index (χ2v) is 1.45. The summed E-state index contributed by atoms with van der Waals surface area (Å²) in [5.74, 6) is -0.833. The van der Waals surface area contributed by atoms with Gasteiger partial charge in [-0.25, -0.2) is 8.78 Å². The van der Waals surface area contributed by atoms with Gasteiger partial charge in [-0.05, 0) is 0 Å². The van der Waals surface area contributed by atoms with Gasteiger partial charge in [0, 0.05) is 6.92 Å². The molecule has 0 aliphatic heterocycles. The van der Waals surface area contributed by atoms with E-state index in [2.05, 4.69) is 0 Å². The highest BCUT2D eigenvalue weighted by Crippen LogP contribution is 1.86. The van der Waals surface area contributed by atoms with Gasteiger partial charge in [-0.2, -0.15) is 0 Å². The Kier molecular flexibility index (Phi) is 9.96. The van der Waals surface area contributed by atoms with Crippen molar-refractivity contribution >= 4 is 5.97 Å². The van der Waals surface area contributed by atoms with E-state index < -0.39 is 25.4 Å². The number of carboxylic acid groups (broad SMARTS) is 1. The number of rotatable bonds is 2. The van der Waals surface area contributed by atoms with Gasteiger partial charge in [-0.3, -0.25) is 4.79 Å². The van der Waals surface area contributed by atoms with Gasteiger partial charge in [0.25, 0.3) is 5.97 Å². The summed E-state index contributed by atoms with van der Waals surface area (Å²) in [5.41, 5.74) is 0. The Bertz CT molecular complexity index is 79.0. The Morgan fingerprint density at radius 2 is 2.00 bits per heavy atom. The number of alkyl halides is 2. The predicted octanol–water partition coefficient (Wildman–Crippen LogP) is 0.377. The van der Waals surface area contributed by atoms with Gasteiger partial charge in [-0.1, -0.05) is 0 Å². The average Bonchev–Trinajstić information content (AvgIpc) is 1.85. The lowest BCUT2D eigenvalue weighted by atomic mass is 10.5. The summed E-state index contributed by atoms with van der Waals surface area (Å²) < 4.78 is 22.1. The third kappa shape index (κ3) is 26.6. The smallest absolute Gasteiger partial charge is 0.300 e. The van der Waals surface area contributed by atoms with E-state index >= 15 is 0 Å². The Morgan fingerprint density at radius 3 is 2.00 bits per heavy atom. The van der Waals surface area contributed by atoms with Crippen LogP contribution in [0.4, 0.5) is 8.78 Å². The maximum atomic E-state index is 11.2. The molecular weight excluding hydrogens is 146 g/mol. The molecule has 0 aromatic heterocycles. The number of aliphatic hydroxyl groups is 1. The molecule has 5 heteroatoms. The number of hydrogen-bond donors (Lipinski definition) is 2. The molecule has 0 bridgehead atoms. The van der Waals surface area contributed by atoms with Crippen LogP contribution in [0, 0.1) is 0 Å². The van der Waals surface area contributed by atoms with Crippen molar-refractivity contribution in [3.63, 3.8) is 0 Å². The third-order valence-corrected chi connectivity index (χ3v) is 0.366. The standard InChI is InChI=1S/C3H6F2O.C2H4O2/c4-1-3(5)2-6;1-2(3)4/h3,6H,1-2H2;1H3,(H,3,4). The van der Waals surface area contributed by atoms with Crippen LogP contribution in [0.1, 0.15) is 6.92 Å². The van der Waals surface area contributed by atoms with E-state index in [0.717, 1.165) is 6.92 Å². The maximum Gasteiger partial charge on any atom is 0.300 e. The molecule has 0 saturated heterocycles. The van der Waals surface area contributed by atoms with Gasteiger partial charge in [0.2, 0.25) is 0 Å². The molecule has 0 spiro atoms. The number of aliphatic carboxylic acids is 1. The monoisotopic (exact) mass is 156 g/mol. The Labute approximate surface area is 57.3 Å². The van der Waals surface area contributed by atoms with Crippen LogP contribution < -0.4 is 0 Å². The predicted molar refractivity (Wildman–Crippen MR) is 31.3 cm³/mol. The molecule has 0 aliphatic rings. The van der Waals surface area contributed by atoms with Crippen LogP contribution in [-0.2, 0) is 4.79 Å². The zero-order valence-corrected chi connectivity index (χ0v) is 5.55.